The van der Waals surface area contributed by atoms with Crippen molar-refractivity contribution in [2.45, 2.75) is 69.1 Å². The first-order valence-electron chi connectivity index (χ1n) is 15.6. The van der Waals surface area contributed by atoms with Crippen LogP contribution in [0.1, 0.15) is 65.4 Å². The van der Waals surface area contributed by atoms with E-state index < -0.39 is 30.0 Å². The molecule has 1 amide bonds. The zero-order chi connectivity index (χ0) is 32.0. The summed E-state index contributed by atoms with van der Waals surface area (Å²) in [5.74, 6) is 0.0910. The van der Waals surface area contributed by atoms with E-state index in [1.165, 1.54) is 4.90 Å². The van der Waals surface area contributed by atoms with Crippen LogP contribution in [0.4, 0.5) is 18.9 Å². The van der Waals surface area contributed by atoms with Gasteiger partial charge in [-0.3, -0.25) is 9.59 Å². The molecule has 10 nitrogen and oxygen atoms in total. The number of carbonyl (C=O) groups is 2. The van der Waals surface area contributed by atoms with E-state index in [1.54, 1.807) is 16.9 Å². The van der Waals surface area contributed by atoms with Crippen LogP contribution >= 0.6 is 0 Å². The molecule has 46 heavy (non-hydrogen) atoms. The van der Waals surface area contributed by atoms with E-state index in [-0.39, 0.29) is 36.4 Å². The smallest absolute Gasteiger partial charge is 0.260 e. The summed E-state index contributed by atoms with van der Waals surface area (Å²) >= 11 is 0. The molecule has 2 saturated carbocycles. The van der Waals surface area contributed by atoms with Crippen molar-refractivity contribution in [1.29, 1.82) is 0 Å². The van der Waals surface area contributed by atoms with Crippen LogP contribution in [0.3, 0.4) is 0 Å². The van der Waals surface area contributed by atoms with Crippen molar-refractivity contribution in [2.75, 3.05) is 31.1 Å². The lowest BCUT2D eigenvalue weighted by Crippen LogP contribution is -2.68. The molecule has 1 spiro atoms. The molecule has 0 bridgehead atoms. The molecule has 0 unspecified atom stereocenters. The van der Waals surface area contributed by atoms with E-state index in [0.717, 1.165) is 16.8 Å². The van der Waals surface area contributed by atoms with Crippen molar-refractivity contribution in [3.63, 3.8) is 0 Å². The maximum absolute atomic E-state index is 14.1. The standard InChI is InChI=1S/C33H33F3N6O4/c1-19-2-3-20(28-38-29(46-39-28)22-13-40(14-22)30(44)33(36)5-6-33)8-21(19)9-26(43)24-12-37-42-7-4-23(10-25(24)42)41-17-31(18-41)15-32(45,16-31)11-27(34)35/h2-4,7-8,10,12,22,27,45H,5-6,9,11,13-18H2,1H3. The molecule has 2 aliphatic carbocycles. The fourth-order valence-electron chi connectivity index (χ4n) is 7.52. The topological polar surface area (TPSA) is 117 Å². The molecular weight excluding hydrogens is 601 g/mol. The lowest BCUT2D eigenvalue weighted by molar-refractivity contribution is -0.161. The van der Waals surface area contributed by atoms with E-state index in [1.807, 2.05) is 37.3 Å². The molecule has 3 aromatic heterocycles. The van der Waals surface area contributed by atoms with Gasteiger partial charge in [0.25, 0.3) is 5.91 Å². The Balaban J connectivity index is 0.936. The number of hydrogen-bond acceptors (Lipinski definition) is 8. The Kier molecular flexibility index (Phi) is 6.41. The van der Waals surface area contributed by atoms with Gasteiger partial charge in [0, 0.05) is 61.9 Å². The number of aliphatic hydroxyl groups is 1. The number of aromatic nitrogens is 4. The number of carbonyl (C=O) groups excluding carboxylic acids is 2. The molecule has 2 aliphatic heterocycles. The molecular formula is C33H33F3N6O4. The van der Waals surface area contributed by atoms with Crippen molar-refractivity contribution in [1.82, 2.24) is 24.7 Å². The van der Waals surface area contributed by atoms with E-state index in [9.17, 15) is 27.9 Å². The van der Waals surface area contributed by atoms with Crippen LogP contribution < -0.4 is 4.90 Å². The number of rotatable bonds is 9. The number of fused-ring (bicyclic) bond motifs is 1. The Morgan fingerprint density at radius 3 is 2.61 bits per heavy atom. The predicted octanol–water partition coefficient (Wildman–Crippen LogP) is 4.53. The molecule has 1 N–H and O–H groups in total. The minimum absolute atomic E-state index is 0.0992. The Morgan fingerprint density at radius 1 is 1.13 bits per heavy atom. The molecule has 4 aliphatic rings. The summed E-state index contributed by atoms with van der Waals surface area (Å²) in [7, 11) is 0. The first-order chi connectivity index (χ1) is 21.9. The normalized spacial score (nSPS) is 20.9. The van der Waals surface area contributed by atoms with E-state index in [2.05, 4.69) is 20.1 Å². The molecule has 13 heteroatoms. The van der Waals surface area contributed by atoms with Gasteiger partial charge in [-0.1, -0.05) is 17.3 Å². The Bertz CT molecular complexity index is 1860. The summed E-state index contributed by atoms with van der Waals surface area (Å²) in [4.78, 5) is 34.0. The van der Waals surface area contributed by atoms with Crippen LogP contribution in [0.2, 0.25) is 0 Å². The van der Waals surface area contributed by atoms with Crippen molar-refractivity contribution >= 4 is 22.9 Å². The summed E-state index contributed by atoms with van der Waals surface area (Å²) in [6, 6.07) is 9.50. The van der Waals surface area contributed by atoms with Crippen LogP contribution in [0, 0.1) is 12.3 Å². The number of halogens is 3. The monoisotopic (exact) mass is 634 g/mol. The minimum atomic E-state index is -2.51. The Morgan fingerprint density at radius 2 is 1.89 bits per heavy atom. The minimum Gasteiger partial charge on any atom is -0.390 e. The van der Waals surface area contributed by atoms with Crippen LogP contribution in [-0.4, -0.2) is 85.3 Å². The van der Waals surface area contributed by atoms with Gasteiger partial charge in [0.1, 0.15) is 0 Å². The number of ketones is 1. The summed E-state index contributed by atoms with van der Waals surface area (Å²) in [5.41, 5.74) is 1.44. The number of alkyl halides is 3. The molecule has 2 saturated heterocycles. The number of Topliss-reactive ketones (excluding diaryl/α,β-unsaturated/α-hetero) is 1. The quantitative estimate of drug-likeness (QED) is 0.267. The third-order valence-corrected chi connectivity index (χ3v) is 10.2. The molecule has 1 aromatic carbocycles. The fourth-order valence-corrected chi connectivity index (χ4v) is 7.52. The van der Waals surface area contributed by atoms with Gasteiger partial charge in [-0.05, 0) is 61.9 Å². The highest BCUT2D eigenvalue weighted by Gasteiger charge is 2.60. The second-order valence-electron chi connectivity index (χ2n) is 13.9. The average Bonchev–Trinajstić information content (AvgIpc) is 3.33. The Labute approximate surface area is 262 Å². The number of anilines is 1. The summed E-state index contributed by atoms with van der Waals surface area (Å²) in [6.07, 6.45) is 1.85. The third kappa shape index (κ3) is 4.95. The maximum atomic E-state index is 14.1. The molecule has 8 rings (SSSR count). The van der Waals surface area contributed by atoms with Gasteiger partial charge >= 0.3 is 0 Å². The van der Waals surface area contributed by atoms with Crippen molar-refractivity contribution < 1.29 is 32.4 Å². The first-order valence-corrected chi connectivity index (χ1v) is 15.6. The second-order valence-corrected chi connectivity index (χ2v) is 13.9. The molecule has 5 heterocycles. The van der Waals surface area contributed by atoms with Crippen molar-refractivity contribution in [3.05, 3.63) is 65.3 Å². The predicted molar refractivity (Wildman–Crippen MR) is 160 cm³/mol. The highest BCUT2D eigenvalue weighted by molar-refractivity contribution is 6.03. The van der Waals surface area contributed by atoms with E-state index >= 15 is 0 Å². The molecule has 0 radical (unpaired) electrons. The highest BCUT2D eigenvalue weighted by atomic mass is 19.3. The molecule has 0 atom stereocenters. The Hall–Kier alpha value is -4.26. The molecule has 4 aromatic rings. The van der Waals surface area contributed by atoms with E-state index in [4.69, 9.17) is 4.52 Å². The lowest BCUT2D eigenvalue weighted by Gasteiger charge is -2.63. The van der Waals surface area contributed by atoms with Crippen LogP contribution in [-0.2, 0) is 11.2 Å². The third-order valence-electron chi connectivity index (χ3n) is 10.2. The number of likely N-dealkylation sites (tertiary alicyclic amines) is 1. The van der Waals surface area contributed by atoms with Gasteiger partial charge < -0.3 is 19.4 Å². The van der Waals surface area contributed by atoms with Gasteiger partial charge in [0.2, 0.25) is 18.1 Å². The fraction of sp³-hybridized carbons (Fsp3) is 0.485. The van der Waals surface area contributed by atoms with Crippen molar-refractivity contribution in [3.8, 4) is 11.4 Å². The number of pyridine rings is 1. The molecule has 240 valence electrons. The maximum Gasteiger partial charge on any atom is 0.260 e. The van der Waals surface area contributed by atoms with Gasteiger partial charge in [-0.2, -0.15) is 10.1 Å². The largest absolute Gasteiger partial charge is 0.390 e. The second kappa shape index (κ2) is 10.1. The van der Waals surface area contributed by atoms with Gasteiger partial charge in [0.15, 0.2) is 11.5 Å². The summed E-state index contributed by atoms with van der Waals surface area (Å²) in [6.45, 7) is 3.98. The number of nitrogens with zero attached hydrogens (tertiary/aromatic N) is 6. The van der Waals surface area contributed by atoms with Gasteiger partial charge in [0.05, 0.1) is 28.8 Å². The average molecular weight is 635 g/mol. The summed E-state index contributed by atoms with van der Waals surface area (Å²) in [5, 5.41) is 18.9. The van der Waals surface area contributed by atoms with E-state index in [0.29, 0.717) is 67.4 Å². The van der Waals surface area contributed by atoms with Crippen molar-refractivity contribution in [2.24, 2.45) is 5.41 Å². The number of hydrogen-bond donors (Lipinski definition) is 1. The molecule has 4 fully saturated rings. The van der Waals surface area contributed by atoms with Gasteiger partial charge in [-0.25, -0.2) is 17.7 Å². The van der Waals surface area contributed by atoms with Crippen LogP contribution in [0.5, 0.6) is 0 Å². The number of aryl methyl sites for hydroxylation is 1. The number of amides is 1. The number of benzene rings is 1. The van der Waals surface area contributed by atoms with Crippen LogP contribution in [0.25, 0.3) is 16.9 Å². The summed E-state index contributed by atoms with van der Waals surface area (Å²) < 4.78 is 46.9. The zero-order valence-corrected chi connectivity index (χ0v) is 25.3. The lowest BCUT2D eigenvalue weighted by atomic mass is 9.54. The SMILES string of the molecule is Cc1ccc(-c2noc(C3CN(C(=O)C4(F)CC4)C3)n2)cc1CC(=O)c1cnn2ccc(N3CC4(C3)CC(O)(CC(F)F)C4)cc12. The van der Waals surface area contributed by atoms with Gasteiger partial charge in [-0.15, -0.1) is 0 Å². The highest BCUT2D eigenvalue weighted by Crippen LogP contribution is 2.56. The zero-order valence-electron chi connectivity index (χ0n) is 25.3. The van der Waals surface area contributed by atoms with Crippen LogP contribution in [0.15, 0.2) is 47.2 Å². The first kappa shape index (κ1) is 29.2.